The van der Waals surface area contributed by atoms with Crippen molar-refractivity contribution < 1.29 is 4.79 Å². The Bertz CT molecular complexity index is 441. The van der Waals surface area contributed by atoms with Crippen LogP contribution < -0.4 is 5.32 Å². The summed E-state index contributed by atoms with van der Waals surface area (Å²) in [4.78, 5) is 12.0. The molecule has 1 aliphatic rings. The first-order valence-corrected chi connectivity index (χ1v) is 7.62. The summed E-state index contributed by atoms with van der Waals surface area (Å²) in [6.07, 6.45) is 0.971. The fourth-order valence-corrected chi connectivity index (χ4v) is 3.36. The van der Waals surface area contributed by atoms with E-state index in [4.69, 9.17) is 11.6 Å². The highest BCUT2D eigenvalue weighted by atomic mass is 35.5. The first-order chi connectivity index (χ1) is 8.58. The number of carbonyl (C=O) groups is 1. The zero-order valence-electron chi connectivity index (χ0n) is 10.7. The number of carbonyl (C=O) groups excluding carboxylic acids is 1. The minimum Gasteiger partial charge on any atom is -0.312 e. The molecule has 6 heteroatoms. The van der Waals surface area contributed by atoms with Crippen LogP contribution in [0, 0.1) is 6.92 Å². The predicted molar refractivity (Wildman–Crippen MR) is 75.4 cm³/mol. The fraction of sp³-hybridized carbons (Fsp3) is 0.667. The molecule has 0 saturated carbocycles. The summed E-state index contributed by atoms with van der Waals surface area (Å²) < 4.78 is 1.62. The van der Waals surface area contributed by atoms with Crippen LogP contribution in [0.15, 0.2) is 0 Å². The van der Waals surface area contributed by atoms with Crippen molar-refractivity contribution in [3.05, 3.63) is 16.4 Å². The van der Waals surface area contributed by atoms with E-state index in [-0.39, 0.29) is 5.78 Å². The highest BCUT2D eigenvalue weighted by Gasteiger charge is 2.19. The van der Waals surface area contributed by atoms with Crippen molar-refractivity contribution in [2.45, 2.75) is 25.8 Å². The van der Waals surface area contributed by atoms with Gasteiger partial charge in [-0.3, -0.25) is 9.48 Å². The maximum absolute atomic E-state index is 12.0. The zero-order valence-corrected chi connectivity index (χ0v) is 12.3. The Morgan fingerprint density at radius 1 is 1.67 bits per heavy atom. The lowest BCUT2D eigenvalue weighted by atomic mass is 10.0. The molecule has 0 aromatic carbocycles. The molecule has 1 aromatic heterocycles. The lowest BCUT2D eigenvalue weighted by Crippen LogP contribution is -2.39. The molecule has 0 amide bonds. The van der Waals surface area contributed by atoms with Gasteiger partial charge in [0.25, 0.3) is 0 Å². The van der Waals surface area contributed by atoms with Gasteiger partial charge in [0.2, 0.25) is 0 Å². The van der Waals surface area contributed by atoms with E-state index in [9.17, 15) is 4.79 Å². The van der Waals surface area contributed by atoms with Gasteiger partial charge in [0.05, 0.1) is 5.69 Å². The van der Waals surface area contributed by atoms with Gasteiger partial charge in [-0.05, 0) is 6.92 Å². The van der Waals surface area contributed by atoms with Crippen LogP contribution in [-0.4, -0.2) is 39.7 Å². The molecule has 1 aliphatic heterocycles. The Labute approximate surface area is 116 Å². The third-order valence-electron chi connectivity index (χ3n) is 3.12. The molecule has 0 spiro atoms. The molecule has 2 rings (SSSR count). The van der Waals surface area contributed by atoms with E-state index < -0.39 is 0 Å². The van der Waals surface area contributed by atoms with Crippen LogP contribution in [-0.2, 0) is 18.3 Å². The second kappa shape index (κ2) is 6.08. The van der Waals surface area contributed by atoms with Crippen molar-refractivity contribution in [1.82, 2.24) is 15.1 Å². The molecule has 1 aromatic rings. The van der Waals surface area contributed by atoms with E-state index in [1.54, 1.807) is 11.7 Å². The number of Topliss-reactive ketones (excluding diaryl/α,β-unsaturated/α-hetero) is 1. The van der Waals surface area contributed by atoms with Gasteiger partial charge in [0.1, 0.15) is 10.9 Å². The van der Waals surface area contributed by atoms with Crippen molar-refractivity contribution in [1.29, 1.82) is 0 Å². The Morgan fingerprint density at radius 3 is 3.00 bits per heavy atom. The standard InChI is InChI=1S/C12H18ClN3OS/c1-8-11(12(13)16(2)15-8)6-10(17)5-9-7-18-4-3-14-9/h9,14H,3-7H2,1-2H3. The smallest absolute Gasteiger partial charge is 0.139 e. The predicted octanol–water partition coefficient (Wildman–Crippen LogP) is 1.59. The Morgan fingerprint density at radius 2 is 2.44 bits per heavy atom. The fourth-order valence-electron chi connectivity index (χ4n) is 2.17. The van der Waals surface area contributed by atoms with Gasteiger partial charge in [-0.15, -0.1) is 0 Å². The Balaban J connectivity index is 1.94. The normalized spacial score (nSPS) is 20.1. The molecule has 1 atom stereocenters. The third kappa shape index (κ3) is 3.28. The van der Waals surface area contributed by atoms with E-state index >= 15 is 0 Å². The molecule has 18 heavy (non-hydrogen) atoms. The summed E-state index contributed by atoms with van der Waals surface area (Å²) in [5.41, 5.74) is 1.72. The van der Waals surface area contributed by atoms with E-state index in [0.717, 1.165) is 29.3 Å². The number of nitrogens with one attached hydrogen (secondary N) is 1. The number of aromatic nitrogens is 2. The first kappa shape index (κ1) is 13.9. The summed E-state index contributed by atoms with van der Waals surface area (Å²) in [5, 5.41) is 8.17. The van der Waals surface area contributed by atoms with E-state index in [0.29, 0.717) is 24.0 Å². The molecule has 2 heterocycles. The molecule has 100 valence electrons. The second-order valence-electron chi connectivity index (χ2n) is 4.62. The lowest BCUT2D eigenvalue weighted by molar-refractivity contribution is -0.118. The van der Waals surface area contributed by atoms with Gasteiger partial charge in [-0.2, -0.15) is 16.9 Å². The van der Waals surface area contributed by atoms with Crippen LogP contribution in [0.3, 0.4) is 0 Å². The summed E-state index contributed by atoms with van der Waals surface area (Å²) in [5.74, 6) is 2.39. The zero-order chi connectivity index (χ0) is 13.1. The average Bonchev–Trinajstić information content (AvgIpc) is 2.57. The third-order valence-corrected chi connectivity index (χ3v) is 4.72. The van der Waals surface area contributed by atoms with Crippen molar-refractivity contribution in [3.8, 4) is 0 Å². The van der Waals surface area contributed by atoms with Crippen molar-refractivity contribution in [2.24, 2.45) is 7.05 Å². The van der Waals surface area contributed by atoms with Gasteiger partial charge in [-0.1, -0.05) is 11.6 Å². The number of hydrogen-bond donors (Lipinski definition) is 1. The molecule has 0 aliphatic carbocycles. The van der Waals surface area contributed by atoms with Crippen LogP contribution in [0.2, 0.25) is 5.15 Å². The minimum atomic E-state index is 0.230. The molecule has 1 N–H and O–H groups in total. The van der Waals surface area contributed by atoms with E-state index in [2.05, 4.69) is 10.4 Å². The molecular formula is C12H18ClN3OS. The molecule has 0 bridgehead atoms. The van der Waals surface area contributed by atoms with Crippen molar-refractivity contribution in [2.75, 3.05) is 18.1 Å². The molecular weight excluding hydrogens is 270 g/mol. The number of thioether (sulfide) groups is 1. The van der Waals surface area contributed by atoms with Crippen LogP contribution in [0.5, 0.6) is 0 Å². The summed E-state index contributed by atoms with van der Waals surface area (Å²) in [7, 11) is 1.79. The molecule has 1 unspecified atom stereocenters. The van der Waals surface area contributed by atoms with Gasteiger partial charge >= 0.3 is 0 Å². The van der Waals surface area contributed by atoms with E-state index in [1.807, 2.05) is 18.7 Å². The van der Waals surface area contributed by atoms with Crippen LogP contribution >= 0.6 is 23.4 Å². The minimum absolute atomic E-state index is 0.230. The lowest BCUT2D eigenvalue weighted by Gasteiger charge is -2.22. The highest BCUT2D eigenvalue weighted by molar-refractivity contribution is 7.99. The summed E-state index contributed by atoms with van der Waals surface area (Å²) in [6, 6.07) is 0.312. The molecule has 1 saturated heterocycles. The number of nitrogens with zero attached hydrogens (tertiary/aromatic N) is 2. The monoisotopic (exact) mass is 287 g/mol. The number of ketones is 1. The number of aryl methyl sites for hydroxylation is 2. The average molecular weight is 288 g/mol. The topological polar surface area (TPSA) is 46.9 Å². The number of hydrogen-bond acceptors (Lipinski definition) is 4. The maximum atomic E-state index is 12.0. The van der Waals surface area contributed by atoms with Crippen molar-refractivity contribution >= 4 is 29.1 Å². The first-order valence-electron chi connectivity index (χ1n) is 6.08. The molecule has 1 fully saturated rings. The Hall–Kier alpha value is -0.520. The summed E-state index contributed by atoms with van der Waals surface area (Å²) >= 11 is 8.03. The van der Waals surface area contributed by atoms with Crippen LogP contribution in [0.4, 0.5) is 0 Å². The van der Waals surface area contributed by atoms with Crippen LogP contribution in [0.25, 0.3) is 0 Å². The largest absolute Gasteiger partial charge is 0.312 e. The number of halogens is 1. The van der Waals surface area contributed by atoms with Gasteiger partial charge in [0, 0.05) is 49.5 Å². The molecule has 0 radical (unpaired) electrons. The summed E-state index contributed by atoms with van der Waals surface area (Å²) in [6.45, 7) is 2.89. The van der Waals surface area contributed by atoms with Crippen molar-refractivity contribution in [3.63, 3.8) is 0 Å². The quantitative estimate of drug-likeness (QED) is 0.914. The second-order valence-corrected chi connectivity index (χ2v) is 6.13. The van der Waals surface area contributed by atoms with Gasteiger partial charge in [-0.25, -0.2) is 0 Å². The highest BCUT2D eigenvalue weighted by Crippen LogP contribution is 2.20. The van der Waals surface area contributed by atoms with Gasteiger partial charge < -0.3 is 5.32 Å². The Kier molecular flexibility index (Phi) is 4.70. The molecule has 4 nitrogen and oxygen atoms in total. The van der Waals surface area contributed by atoms with E-state index in [1.165, 1.54) is 0 Å². The van der Waals surface area contributed by atoms with Gasteiger partial charge in [0.15, 0.2) is 0 Å². The van der Waals surface area contributed by atoms with Crippen LogP contribution in [0.1, 0.15) is 17.7 Å². The number of rotatable bonds is 4. The SMILES string of the molecule is Cc1nn(C)c(Cl)c1CC(=O)CC1CSCCN1. The maximum Gasteiger partial charge on any atom is 0.139 e.